The number of anilines is 1. The van der Waals surface area contributed by atoms with Crippen LogP contribution in [0.1, 0.15) is 26.2 Å². The molecular formula is C21H25NO2P+. The molecule has 0 aliphatic rings. The molecule has 0 spiro atoms. The molecule has 0 bridgehead atoms. The van der Waals surface area contributed by atoms with Gasteiger partial charge in [0, 0.05) is 18.0 Å². The molecule has 4 heteroatoms. The second kappa shape index (κ2) is 8.33. The number of rotatable bonds is 7. The van der Waals surface area contributed by atoms with E-state index in [9.17, 15) is 5.11 Å². The second-order valence-electron chi connectivity index (χ2n) is 6.13. The van der Waals surface area contributed by atoms with Gasteiger partial charge in [0.25, 0.3) is 0 Å². The van der Waals surface area contributed by atoms with Crippen molar-refractivity contribution >= 4 is 24.0 Å². The molecule has 3 rings (SSSR count). The van der Waals surface area contributed by atoms with Gasteiger partial charge < -0.3 is 10.4 Å². The second-order valence-corrected chi connectivity index (χ2v) is 7.88. The van der Waals surface area contributed by atoms with E-state index in [1.54, 1.807) is 13.2 Å². The largest absolute Gasteiger partial charge is 0.507 e. The first-order valence-electron chi connectivity index (χ1n) is 8.79. The minimum absolute atomic E-state index is 0.306. The van der Waals surface area contributed by atoms with Crippen molar-refractivity contribution in [2.24, 2.45) is 0 Å². The minimum atomic E-state index is -0.873. The molecular weight excluding hydrogens is 329 g/mol. The number of phenols is 1. The van der Waals surface area contributed by atoms with Gasteiger partial charge in [-0.2, -0.15) is 4.52 Å². The van der Waals surface area contributed by atoms with Crippen LogP contribution in [0.3, 0.4) is 0 Å². The molecule has 25 heavy (non-hydrogen) atoms. The summed E-state index contributed by atoms with van der Waals surface area (Å²) in [5.41, 5.74) is 3.39. The standard InChI is InChI=1S/C21H24NO2P/c1-3-4-8-13-22-21-14-18-17(16-9-6-5-7-10-16)11-12-20(23)19(18)15-25(21)24-2/h5-7,9-12,14-15,22H,3-4,8,13H2,1-2H3/p+1. The van der Waals surface area contributed by atoms with Crippen LogP contribution in [0.2, 0.25) is 0 Å². The van der Waals surface area contributed by atoms with Gasteiger partial charge in [0.05, 0.1) is 12.5 Å². The smallest absolute Gasteiger partial charge is 0.312 e. The minimum Gasteiger partial charge on any atom is -0.507 e. The van der Waals surface area contributed by atoms with Crippen LogP contribution in [0.4, 0.5) is 5.42 Å². The summed E-state index contributed by atoms with van der Waals surface area (Å²) in [4.78, 5) is 0. The van der Waals surface area contributed by atoms with Crippen LogP contribution in [0.15, 0.2) is 54.3 Å². The molecule has 1 heterocycles. The highest BCUT2D eigenvalue weighted by Crippen LogP contribution is 2.44. The van der Waals surface area contributed by atoms with Gasteiger partial charge in [-0.05, 0) is 23.6 Å². The third-order valence-electron chi connectivity index (χ3n) is 4.40. The molecule has 0 saturated carbocycles. The Hall–Kier alpha value is -2.09. The Labute approximate surface area is 150 Å². The number of hydrogen-bond acceptors (Lipinski definition) is 3. The molecule has 130 valence electrons. The molecule has 1 atom stereocenters. The summed E-state index contributed by atoms with van der Waals surface area (Å²) in [5, 5.41) is 15.8. The van der Waals surface area contributed by atoms with E-state index in [-0.39, 0.29) is 0 Å². The lowest BCUT2D eigenvalue weighted by Gasteiger charge is -2.10. The highest BCUT2D eigenvalue weighted by Gasteiger charge is 2.20. The van der Waals surface area contributed by atoms with Crippen molar-refractivity contribution in [1.82, 2.24) is 0 Å². The topological polar surface area (TPSA) is 41.5 Å². The SMILES string of the molecule is CCCCCNc1cc2c(-c3ccccc3)ccc(O)c2c[p+]1OC. The van der Waals surface area contributed by atoms with Crippen LogP contribution in [-0.4, -0.2) is 18.8 Å². The highest BCUT2D eigenvalue weighted by atomic mass is 31.1. The van der Waals surface area contributed by atoms with Gasteiger partial charge >= 0.3 is 7.76 Å². The lowest BCUT2D eigenvalue weighted by atomic mass is 9.99. The van der Waals surface area contributed by atoms with Gasteiger partial charge in [0.15, 0.2) is 5.80 Å². The summed E-state index contributed by atoms with van der Waals surface area (Å²) in [5.74, 6) is 2.37. The van der Waals surface area contributed by atoms with Gasteiger partial charge in [-0.1, -0.05) is 56.2 Å². The first-order chi connectivity index (χ1) is 12.2. The van der Waals surface area contributed by atoms with Crippen LogP contribution in [0.25, 0.3) is 21.9 Å². The predicted octanol–water partition coefficient (Wildman–Crippen LogP) is 6.14. The molecule has 0 saturated heterocycles. The van der Waals surface area contributed by atoms with Crippen molar-refractivity contribution in [3.8, 4) is 16.9 Å². The van der Waals surface area contributed by atoms with Crippen molar-refractivity contribution in [3.05, 3.63) is 54.3 Å². The van der Waals surface area contributed by atoms with Crippen molar-refractivity contribution in [2.45, 2.75) is 26.2 Å². The van der Waals surface area contributed by atoms with Gasteiger partial charge in [-0.25, -0.2) is 0 Å². The number of nitrogens with one attached hydrogen (secondary N) is 1. The molecule has 0 aliphatic carbocycles. The molecule has 1 aromatic heterocycles. The molecule has 0 aliphatic heterocycles. The van der Waals surface area contributed by atoms with Crippen LogP contribution in [-0.2, 0) is 0 Å². The number of phenolic OH excluding ortho intramolecular Hbond substituents is 1. The fourth-order valence-electron chi connectivity index (χ4n) is 3.04. The van der Waals surface area contributed by atoms with Gasteiger partial charge in [0.2, 0.25) is 5.42 Å². The predicted molar refractivity (Wildman–Crippen MR) is 109 cm³/mol. The maximum Gasteiger partial charge on any atom is 0.312 e. The number of hydrogen-bond donors (Lipinski definition) is 2. The van der Waals surface area contributed by atoms with Gasteiger partial charge in [-0.3, -0.25) is 0 Å². The van der Waals surface area contributed by atoms with E-state index in [0.717, 1.165) is 40.3 Å². The number of fused-ring (bicyclic) bond motifs is 1. The summed E-state index contributed by atoms with van der Waals surface area (Å²) in [6.07, 6.45) is 3.58. The van der Waals surface area contributed by atoms with E-state index >= 15 is 0 Å². The number of aromatic hydroxyl groups is 1. The van der Waals surface area contributed by atoms with E-state index in [2.05, 4.69) is 36.2 Å². The summed E-state index contributed by atoms with van der Waals surface area (Å²) < 4.78 is 5.69. The maximum atomic E-state index is 10.3. The zero-order valence-electron chi connectivity index (χ0n) is 14.8. The Kier molecular flexibility index (Phi) is 5.91. The molecule has 3 aromatic rings. The van der Waals surface area contributed by atoms with Gasteiger partial charge in [-0.15, -0.1) is 0 Å². The Morgan fingerprint density at radius 3 is 2.56 bits per heavy atom. The summed E-state index contributed by atoms with van der Waals surface area (Å²) in [7, 11) is 0.856. The van der Waals surface area contributed by atoms with Crippen molar-refractivity contribution in [2.75, 3.05) is 19.0 Å². The maximum absolute atomic E-state index is 10.3. The van der Waals surface area contributed by atoms with E-state index in [1.807, 2.05) is 24.3 Å². The van der Waals surface area contributed by atoms with Crippen LogP contribution >= 0.6 is 7.76 Å². The molecule has 2 aromatic carbocycles. The van der Waals surface area contributed by atoms with E-state index in [1.165, 1.54) is 12.8 Å². The lowest BCUT2D eigenvalue weighted by Crippen LogP contribution is -2.01. The zero-order valence-corrected chi connectivity index (χ0v) is 15.7. The molecule has 2 N–H and O–H groups in total. The summed E-state index contributed by atoms with van der Waals surface area (Å²) in [6.45, 7) is 3.16. The van der Waals surface area contributed by atoms with Crippen LogP contribution in [0, 0.1) is 0 Å². The Bertz CT molecular complexity index is 849. The van der Waals surface area contributed by atoms with Crippen molar-refractivity contribution in [3.63, 3.8) is 0 Å². The molecule has 3 nitrogen and oxygen atoms in total. The average Bonchev–Trinajstić information content (AvgIpc) is 2.66. The fraction of sp³-hybridized carbons (Fsp3) is 0.286. The first kappa shape index (κ1) is 17.7. The van der Waals surface area contributed by atoms with Crippen molar-refractivity contribution in [1.29, 1.82) is 0 Å². The molecule has 0 amide bonds. The summed E-state index contributed by atoms with van der Waals surface area (Å²) in [6, 6.07) is 16.2. The van der Waals surface area contributed by atoms with Crippen LogP contribution < -0.4 is 9.84 Å². The highest BCUT2D eigenvalue weighted by molar-refractivity contribution is 7.48. The Morgan fingerprint density at radius 2 is 1.84 bits per heavy atom. The Morgan fingerprint density at radius 1 is 1.04 bits per heavy atom. The fourth-order valence-corrected chi connectivity index (χ4v) is 4.52. The first-order valence-corrected chi connectivity index (χ1v) is 10.1. The van der Waals surface area contributed by atoms with E-state index in [4.69, 9.17) is 4.52 Å². The van der Waals surface area contributed by atoms with E-state index in [0.29, 0.717) is 5.75 Å². The van der Waals surface area contributed by atoms with Gasteiger partial charge in [0.1, 0.15) is 5.75 Å². The molecule has 0 fully saturated rings. The Balaban J connectivity index is 2.08. The van der Waals surface area contributed by atoms with Crippen molar-refractivity contribution < 1.29 is 9.63 Å². The third-order valence-corrected chi connectivity index (χ3v) is 6.05. The quantitative estimate of drug-likeness (QED) is 0.501. The summed E-state index contributed by atoms with van der Waals surface area (Å²) >= 11 is 0. The van der Waals surface area contributed by atoms with E-state index < -0.39 is 7.76 Å². The normalized spacial score (nSPS) is 11.7. The molecule has 0 radical (unpaired) electrons. The van der Waals surface area contributed by atoms with Crippen LogP contribution in [0.5, 0.6) is 5.75 Å². The lowest BCUT2D eigenvalue weighted by molar-refractivity contribution is 0.481. The number of unbranched alkanes of at least 4 members (excludes halogenated alkanes) is 2. The zero-order chi connectivity index (χ0) is 17.6. The third kappa shape index (κ3) is 3.95. The average molecular weight is 354 g/mol. The molecule has 1 unspecified atom stereocenters. The monoisotopic (exact) mass is 354 g/mol. The number of benzene rings is 2.